The molecule has 0 radical (unpaired) electrons. The summed E-state index contributed by atoms with van der Waals surface area (Å²) in [5, 5.41) is 0. The van der Waals surface area contributed by atoms with Crippen LogP contribution in [0.2, 0.25) is 13.1 Å². The van der Waals surface area contributed by atoms with Crippen molar-refractivity contribution >= 4 is 12.6 Å². The van der Waals surface area contributed by atoms with E-state index in [9.17, 15) is 4.79 Å². The van der Waals surface area contributed by atoms with Crippen LogP contribution in [0.1, 0.15) is 47.0 Å². The third kappa shape index (κ3) is 2.91. The molecule has 0 bridgehead atoms. The van der Waals surface area contributed by atoms with Crippen molar-refractivity contribution in [1.82, 2.24) is 3.80 Å². The summed E-state index contributed by atoms with van der Waals surface area (Å²) in [7, 11) is 0. The van der Waals surface area contributed by atoms with Crippen molar-refractivity contribution in [2.24, 2.45) is 11.8 Å². The molecule has 2 aliphatic carbocycles. The van der Waals surface area contributed by atoms with Crippen LogP contribution in [0.15, 0.2) is 20.6 Å². The third-order valence-corrected chi connectivity index (χ3v) is 16.7. The molecule has 1 atom stereocenters. The van der Waals surface area contributed by atoms with Crippen LogP contribution in [0, 0.1) is 11.8 Å². The quantitative estimate of drug-likeness (QED) is 0.785. The van der Waals surface area contributed by atoms with Gasteiger partial charge >= 0.3 is 131 Å². The number of carbonyl (C=O) groups is 1. The van der Waals surface area contributed by atoms with Crippen LogP contribution in [0.25, 0.3) is 0 Å². The molecule has 4 heteroatoms. The van der Waals surface area contributed by atoms with Crippen molar-refractivity contribution in [1.29, 1.82) is 0 Å². The first-order chi connectivity index (χ1) is 9.34. The van der Waals surface area contributed by atoms with Crippen molar-refractivity contribution in [3.05, 3.63) is 20.6 Å². The molecule has 0 aromatic rings. The van der Waals surface area contributed by atoms with E-state index in [2.05, 4.69) is 44.6 Å². The summed E-state index contributed by atoms with van der Waals surface area (Å²) in [6, 6.07) is 0. The molecule has 0 heterocycles. The van der Waals surface area contributed by atoms with Crippen molar-refractivity contribution in [2.45, 2.75) is 60.1 Å². The second-order valence-electron chi connectivity index (χ2n) is 6.75. The van der Waals surface area contributed by atoms with Crippen LogP contribution in [-0.4, -0.2) is 12.6 Å². The number of allylic oxidation sites excluding steroid dienone is 4. The van der Waals surface area contributed by atoms with Crippen molar-refractivity contribution in [3.8, 4) is 0 Å². The fourth-order valence-electron chi connectivity index (χ4n) is 3.23. The van der Waals surface area contributed by atoms with Gasteiger partial charge in [0.05, 0.1) is 0 Å². The average molecular weight is 326 g/mol. The summed E-state index contributed by atoms with van der Waals surface area (Å²) < 4.78 is 5.23. The fourth-order valence-corrected chi connectivity index (χ4v) is 13.8. The molecule has 0 saturated heterocycles. The zero-order valence-electron chi connectivity index (χ0n) is 13.8. The molecule has 1 saturated carbocycles. The Morgan fingerprint density at radius 2 is 1.80 bits per heavy atom. The second-order valence-corrected chi connectivity index (χ2v) is 19.4. The summed E-state index contributed by atoms with van der Waals surface area (Å²) in [5.74, 6) is 1.28. The first-order valence-electron chi connectivity index (χ1n) is 7.91. The van der Waals surface area contributed by atoms with Gasteiger partial charge in [-0.25, -0.2) is 0 Å². The molecule has 2 nitrogen and oxygen atoms in total. The van der Waals surface area contributed by atoms with Crippen LogP contribution < -0.4 is 3.80 Å². The number of hydrogen-bond donors (Lipinski definition) is 1. The zero-order valence-corrected chi connectivity index (χ0v) is 16.5. The van der Waals surface area contributed by atoms with E-state index in [4.69, 9.17) is 0 Å². The average Bonchev–Trinajstić information content (AvgIpc) is 2.49. The van der Waals surface area contributed by atoms with Gasteiger partial charge in [-0.3, -0.25) is 0 Å². The molecule has 1 fully saturated rings. The maximum absolute atomic E-state index is 12.4. The maximum atomic E-state index is 12.4. The van der Waals surface area contributed by atoms with E-state index in [1.165, 1.54) is 23.1 Å². The standard InChI is InChI=1S/C9H13.C5H9NO.C2H7Si.Ti/c1-6-5-7(2)9(4)8(6)3;6-5(7)4-2-1-3-4;1-3-2;/h6H,1-4H3;4H,1-3H2,(H2,6,7);3H,1-2H3;/q;;;+1/p-1. The van der Waals surface area contributed by atoms with E-state index in [1.54, 1.807) is 3.88 Å². The Labute approximate surface area is 131 Å². The third-order valence-electron chi connectivity index (χ3n) is 5.24. The first-order valence-corrected chi connectivity index (χ1v) is 15.1. The molecule has 2 rings (SSSR count). The van der Waals surface area contributed by atoms with Crippen LogP contribution in [0.5, 0.6) is 0 Å². The number of carbonyl (C=O) groups excluding carboxylic acids is 1. The van der Waals surface area contributed by atoms with Gasteiger partial charge in [0.25, 0.3) is 0 Å². The van der Waals surface area contributed by atoms with Crippen molar-refractivity contribution < 1.29 is 22.2 Å². The fraction of sp³-hybridized carbons (Fsp3) is 0.688. The van der Waals surface area contributed by atoms with E-state index < -0.39 is 24.0 Å². The summed E-state index contributed by atoms with van der Waals surface area (Å²) >= 11 is -1.59. The van der Waals surface area contributed by atoms with Gasteiger partial charge in [-0.15, -0.1) is 0 Å². The normalized spacial score (nSPS) is 23.4. The van der Waals surface area contributed by atoms with Gasteiger partial charge in [0.2, 0.25) is 0 Å². The Balaban J connectivity index is 2.19. The summed E-state index contributed by atoms with van der Waals surface area (Å²) in [6.45, 7) is 13.2. The van der Waals surface area contributed by atoms with Gasteiger partial charge in [-0.1, -0.05) is 0 Å². The number of rotatable bonds is 4. The van der Waals surface area contributed by atoms with Gasteiger partial charge < -0.3 is 0 Å². The van der Waals surface area contributed by atoms with E-state index in [0.29, 0.717) is 17.7 Å². The minimum absolute atomic E-state index is 0.331. The van der Waals surface area contributed by atoms with Crippen LogP contribution >= 0.6 is 0 Å². The summed E-state index contributed by atoms with van der Waals surface area (Å²) in [6.07, 6.45) is 3.46. The van der Waals surface area contributed by atoms with Gasteiger partial charge in [0.15, 0.2) is 0 Å². The van der Waals surface area contributed by atoms with Crippen molar-refractivity contribution in [2.75, 3.05) is 0 Å². The van der Waals surface area contributed by atoms with Gasteiger partial charge in [0.1, 0.15) is 0 Å². The van der Waals surface area contributed by atoms with Gasteiger partial charge in [-0.05, 0) is 0 Å². The molecule has 111 valence electrons. The molecule has 0 aliphatic heterocycles. The molecule has 0 aromatic heterocycles. The molecule has 2 aliphatic rings. The molecule has 20 heavy (non-hydrogen) atoms. The Hall–Kier alpha value is -0.119. The van der Waals surface area contributed by atoms with Crippen LogP contribution in [-0.2, 0) is 22.2 Å². The van der Waals surface area contributed by atoms with E-state index in [0.717, 1.165) is 12.8 Å². The predicted molar refractivity (Wildman–Crippen MR) is 84.6 cm³/mol. The molecule has 1 unspecified atom stereocenters. The number of amides is 1. The first kappa shape index (κ1) is 16.3. The second kappa shape index (κ2) is 6.33. The Morgan fingerprint density at radius 3 is 2.15 bits per heavy atom. The molecular formula is C16H28NOSiTi. The van der Waals surface area contributed by atoms with Crippen LogP contribution in [0.4, 0.5) is 0 Å². The Morgan fingerprint density at radius 1 is 1.20 bits per heavy atom. The van der Waals surface area contributed by atoms with Crippen molar-refractivity contribution in [3.63, 3.8) is 0 Å². The molecular weight excluding hydrogens is 298 g/mol. The number of nitrogens with one attached hydrogen (secondary N) is 1. The van der Waals surface area contributed by atoms with E-state index in [1.807, 2.05) is 0 Å². The van der Waals surface area contributed by atoms with Gasteiger partial charge in [-0.2, -0.15) is 0 Å². The SMILES string of the molecule is CC1=C(C)C(C)[C]([Ti]([NH]C(=O)C2CCC2)[SiH](C)C)=C1C. The Kier molecular flexibility index (Phi) is 5.15. The summed E-state index contributed by atoms with van der Waals surface area (Å²) in [5.41, 5.74) is 4.50. The molecule has 0 spiro atoms. The topological polar surface area (TPSA) is 29.1 Å². The predicted octanol–water partition coefficient (Wildman–Crippen LogP) is 3.68. The number of hydrogen-bond acceptors (Lipinski definition) is 1. The summed E-state index contributed by atoms with van der Waals surface area (Å²) in [4.78, 5) is 12.4. The Bertz CT molecular complexity index is 477. The van der Waals surface area contributed by atoms with E-state index >= 15 is 0 Å². The molecule has 1 N–H and O–H groups in total. The zero-order chi connectivity index (χ0) is 15.0. The molecule has 0 aromatic carbocycles. The van der Waals surface area contributed by atoms with Crippen LogP contribution in [0.3, 0.4) is 0 Å². The minimum atomic E-state index is -1.59. The molecule has 1 amide bonds. The van der Waals surface area contributed by atoms with Gasteiger partial charge in [0, 0.05) is 0 Å². The monoisotopic (exact) mass is 326 g/mol. The van der Waals surface area contributed by atoms with E-state index in [-0.39, 0.29) is 0 Å².